The third-order valence-corrected chi connectivity index (χ3v) is 11.6. The number of carbonyl (C=O) groups excluding carboxylic acids is 2. The molecule has 3 aliphatic heterocycles. The van der Waals surface area contributed by atoms with E-state index in [9.17, 15) is 9.59 Å². The monoisotopic (exact) mass is 777 g/mol. The first-order valence-electron chi connectivity index (χ1n) is 19.3. The molecule has 0 spiro atoms. The number of anilines is 5. The third kappa shape index (κ3) is 7.44. The lowest BCUT2D eigenvalue weighted by atomic mass is 10.1. The second-order valence-electron chi connectivity index (χ2n) is 14.2. The number of aryl methyl sites for hydroxylation is 2. The molecule has 0 aromatic heterocycles. The molecule has 56 heavy (non-hydrogen) atoms. The Morgan fingerprint density at radius 3 is 1.41 bits per heavy atom. The van der Waals surface area contributed by atoms with Crippen molar-refractivity contribution < 1.29 is 23.8 Å². The molecule has 0 unspecified atom stereocenters. The average molecular weight is 778 g/mol. The molecule has 3 aliphatic rings. The lowest BCUT2D eigenvalue weighted by molar-refractivity contribution is 0.248. The van der Waals surface area contributed by atoms with E-state index in [4.69, 9.17) is 19.3 Å². The van der Waals surface area contributed by atoms with Gasteiger partial charge >= 0.3 is 12.1 Å². The van der Waals surface area contributed by atoms with Crippen LogP contribution in [0.15, 0.2) is 70.9 Å². The molecule has 4 aromatic rings. The first-order chi connectivity index (χ1) is 27.2. The van der Waals surface area contributed by atoms with Gasteiger partial charge in [0.1, 0.15) is 11.5 Å². The SMILES string of the molecule is CCN(CC)c1ccc(N=Nc2cc3c(OC)c(c2)N2CCCN(C2=O)c2cc(C)cc(c2OC)CSCc2cc(C)cc(c2OC)N2CCCN3C2=O)cc1. The predicted octanol–water partition coefficient (Wildman–Crippen LogP) is 10.0. The minimum Gasteiger partial charge on any atom is -0.494 e. The summed E-state index contributed by atoms with van der Waals surface area (Å²) in [5, 5.41) is 9.33. The Hall–Kier alpha value is -5.43. The Labute approximate surface area is 334 Å². The van der Waals surface area contributed by atoms with Crippen molar-refractivity contribution in [1.29, 1.82) is 0 Å². The minimum atomic E-state index is -0.216. The highest BCUT2D eigenvalue weighted by Crippen LogP contribution is 2.47. The number of carbonyl (C=O) groups is 2. The Morgan fingerprint density at radius 1 is 0.589 bits per heavy atom. The summed E-state index contributed by atoms with van der Waals surface area (Å²) in [6, 6.07) is 19.5. The van der Waals surface area contributed by atoms with Crippen LogP contribution in [-0.4, -0.2) is 72.7 Å². The zero-order chi connectivity index (χ0) is 39.5. The fourth-order valence-electron chi connectivity index (χ4n) is 8.04. The predicted molar refractivity (Wildman–Crippen MR) is 227 cm³/mol. The normalized spacial score (nSPS) is 15.8. The number of azo groups is 1. The number of ether oxygens (including phenoxy) is 3. The molecule has 4 aromatic carbocycles. The summed E-state index contributed by atoms with van der Waals surface area (Å²) in [6.45, 7) is 12.1. The zero-order valence-electron chi connectivity index (χ0n) is 33.4. The number of rotatable bonds is 8. The molecule has 0 N–H and O–H groups in total. The fourth-order valence-corrected chi connectivity index (χ4v) is 9.01. The molecule has 4 amide bonds. The summed E-state index contributed by atoms with van der Waals surface area (Å²) in [5.41, 5.74) is 8.81. The first kappa shape index (κ1) is 38.8. The first-order valence-corrected chi connectivity index (χ1v) is 20.4. The lowest BCUT2D eigenvalue weighted by Crippen LogP contribution is -2.51. The van der Waals surface area contributed by atoms with Crippen molar-refractivity contribution in [1.82, 2.24) is 0 Å². The maximum absolute atomic E-state index is 14.8. The van der Waals surface area contributed by atoms with E-state index >= 15 is 0 Å². The molecule has 3 heterocycles. The standard InChI is InChI=1S/C43H51N7O5S/c1-8-46(9-2)34-14-12-32(13-15-34)44-45-33-24-37-41(55-7)38(25-33)50-19-11-17-48(43(50)52)36-23-29(4)21-31(40(36)54-6)27-56-26-30-20-28(3)22-35(39(30)53-5)47-16-10-18-49(37)42(47)51/h12-15,20-25H,8-11,16-19,26-27H2,1-7H3. The van der Waals surface area contributed by atoms with Gasteiger partial charge in [-0.3, -0.25) is 19.6 Å². The van der Waals surface area contributed by atoms with Gasteiger partial charge in [-0.15, -0.1) is 0 Å². The number of amides is 4. The van der Waals surface area contributed by atoms with E-state index in [1.54, 1.807) is 52.7 Å². The van der Waals surface area contributed by atoms with Crippen molar-refractivity contribution in [2.45, 2.75) is 52.0 Å². The van der Waals surface area contributed by atoms with Crippen LogP contribution in [0.1, 0.15) is 48.9 Å². The molecule has 13 heteroatoms. The van der Waals surface area contributed by atoms with Crippen LogP contribution in [0.4, 0.5) is 49.4 Å². The van der Waals surface area contributed by atoms with Gasteiger partial charge in [0, 0.05) is 67.6 Å². The van der Waals surface area contributed by atoms with Crippen molar-refractivity contribution in [2.24, 2.45) is 10.2 Å². The number of nitrogens with zero attached hydrogens (tertiary/aromatic N) is 7. The number of thioether (sulfide) groups is 1. The number of fused-ring (bicyclic) bond motifs is 14. The quantitative estimate of drug-likeness (QED) is 0.164. The molecule has 0 saturated carbocycles. The highest BCUT2D eigenvalue weighted by atomic mass is 32.2. The van der Waals surface area contributed by atoms with E-state index in [0.717, 1.165) is 52.4 Å². The highest BCUT2D eigenvalue weighted by Gasteiger charge is 2.37. The Morgan fingerprint density at radius 2 is 1.00 bits per heavy atom. The molecule has 0 atom stereocenters. The van der Waals surface area contributed by atoms with Gasteiger partial charge < -0.3 is 19.1 Å². The topological polar surface area (TPSA) is 103 Å². The van der Waals surface area contributed by atoms with Crippen LogP contribution in [0, 0.1) is 13.8 Å². The van der Waals surface area contributed by atoms with Gasteiger partial charge in [0.05, 0.1) is 55.5 Å². The van der Waals surface area contributed by atoms with Gasteiger partial charge in [0.15, 0.2) is 5.75 Å². The molecular formula is C43H51N7O5S. The summed E-state index contributed by atoms with van der Waals surface area (Å²) in [7, 11) is 4.90. The average Bonchev–Trinajstić information content (AvgIpc) is 3.20. The van der Waals surface area contributed by atoms with Gasteiger partial charge in [-0.25, -0.2) is 9.59 Å². The summed E-state index contributed by atoms with van der Waals surface area (Å²) in [5.74, 6) is 3.06. The molecule has 0 radical (unpaired) electrons. The van der Waals surface area contributed by atoms with Crippen LogP contribution in [0.3, 0.4) is 0 Å². The van der Waals surface area contributed by atoms with Crippen LogP contribution in [0.5, 0.6) is 17.2 Å². The van der Waals surface area contributed by atoms with E-state index in [1.165, 1.54) is 0 Å². The summed E-state index contributed by atoms with van der Waals surface area (Å²) < 4.78 is 18.3. The lowest BCUT2D eigenvalue weighted by Gasteiger charge is -2.39. The maximum atomic E-state index is 14.8. The van der Waals surface area contributed by atoms with Crippen LogP contribution in [-0.2, 0) is 11.5 Å². The zero-order valence-corrected chi connectivity index (χ0v) is 34.2. The van der Waals surface area contributed by atoms with Crippen LogP contribution in [0.25, 0.3) is 0 Å². The molecule has 0 aliphatic carbocycles. The number of hydrogen-bond acceptors (Lipinski definition) is 9. The van der Waals surface area contributed by atoms with Gasteiger partial charge in [0.2, 0.25) is 0 Å². The van der Waals surface area contributed by atoms with Crippen LogP contribution < -0.4 is 38.7 Å². The summed E-state index contributed by atoms with van der Waals surface area (Å²) >= 11 is 1.74. The molecule has 294 valence electrons. The van der Waals surface area contributed by atoms with Gasteiger partial charge in [-0.1, -0.05) is 12.1 Å². The summed E-state index contributed by atoms with van der Waals surface area (Å²) in [6.07, 6.45) is 1.39. The second-order valence-corrected chi connectivity index (χ2v) is 15.2. The number of methoxy groups -OCH3 is 3. The second kappa shape index (κ2) is 16.7. The Kier molecular flexibility index (Phi) is 11.6. The number of urea groups is 2. The Balaban J connectivity index is 1.41. The van der Waals surface area contributed by atoms with Crippen LogP contribution in [0.2, 0.25) is 0 Å². The van der Waals surface area contributed by atoms with Gasteiger partial charge in [0.25, 0.3) is 0 Å². The molecule has 10 bridgehead atoms. The van der Waals surface area contributed by atoms with E-state index in [0.29, 0.717) is 90.5 Å². The van der Waals surface area contributed by atoms with Crippen molar-refractivity contribution in [3.05, 3.63) is 82.9 Å². The molecular weight excluding hydrogens is 727 g/mol. The summed E-state index contributed by atoms with van der Waals surface area (Å²) in [4.78, 5) is 38.9. The third-order valence-electron chi connectivity index (χ3n) is 10.6. The largest absolute Gasteiger partial charge is 0.494 e. The smallest absolute Gasteiger partial charge is 0.329 e. The van der Waals surface area contributed by atoms with Gasteiger partial charge in [-0.2, -0.15) is 22.0 Å². The van der Waals surface area contributed by atoms with E-state index in [2.05, 4.69) is 36.0 Å². The van der Waals surface area contributed by atoms with E-state index in [1.807, 2.05) is 62.4 Å². The van der Waals surface area contributed by atoms with E-state index < -0.39 is 0 Å². The molecule has 2 fully saturated rings. The minimum absolute atomic E-state index is 0.216. The van der Waals surface area contributed by atoms with E-state index in [-0.39, 0.29) is 12.1 Å². The Bertz CT molecular complexity index is 2030. The van der Waals surface area contributed by atoms with Crippen molar-refractivity contribution in [3.8, 4) is 17.2 Å². The number of hydrogen-bond donors (Lipinski definition) is 0. The van der Waals surface area contributed by atoms with Crippen LogP contribution >= 0.6 is 11.8 Å². The molecule has 12 nitrogen and oxygen atoms in total. The van der Waals surface area contributed by atoms with Crippen molar-refractivity contribution in [2.75, 3.05) is 85.1 Å². The fraction of sp³-hybridized carbons (Fsp3) is 0.395. The van der Waals surface area contributed by atoms with Crippen molar-refractivity contribution in [3.63, 3.8) is 0 Å². The van der Waals surface area contributed by atoms with Crippen molar-refractivity contribution >= 4 is 63.6 Å². The highest BCUT2D eigenvalue weighted by molar-refractivity contribution is 7.97. The molecule has 7 rings (SSSR count). The van der Waals surface area contributed by atoms with Gasteiger partial charge in [-0.05, 0) is 100 Å². The molecule has 2 saturated heterocycles. The number of benzene rings is 4. The maximum Gasteiger partial charge on any atom is 0.329 e.